The molecule has 2 heterocycles. The van der Waals surface area contributed by atoms with Gasteiger partial charge in [0.05, 0.1) is 11.4 Å². The lowest BCUT2D eigenvalue weighted by molar-refractivity contribution is -0.646. The smallest absolute Gasteiger partial charge is 0.420 e. The molecule has 2 saturated carbocycles. The van der Waals surface area contributed by atoms with Gasteiger partial charge in [0.2, 0.25) is 5.92 Å². The Kier molecular flexibility index (Phi) is 5.86. The first-order valence-electron chi connectivity index (χ1n) is 10.6. The Morgan fingerprint density at radius 2 is 2.00 bits per heavy atom. The van der Waals surface area contributed by atoms with E-state index >= 15 is 0 Å². The summed E-state index contributed by atoms with van der Waals surface area (Å²) in [5, 5.41) is 21.9. The zero-order chi connectivity index (χ0) is 26.0. The van der Waals surface area contributed by atoms with Crippen molar-refractivity contribution in [2.75, 3.05) is 5.32 Å². The van der Waals surface area contributed by atoms with Gasteiger partial charge in [0, 0.05) is 37.4 Å². The van der Waals surface area contributed by atoms with E-state index in [9.17, 15) is 40.4 Å². The van der Waals surface area contributed by atoms with Crippen molar-refractivity contribution in [1.82, 2.24) is 9.78 Å². The van der Waals surface area contributed by atoms with Gasteiger partial charge in [-0.2, -0.15) is 23.0 Å². The minimum absolute atomic E-state index is 0.0287. The van der Waals surface area contributed by atoms with Crippen LogP contribution >= 0.6 is 0 Å². The lowest BCUT2D eigenvalue weighted by Crippen LogP contribution is -2.36. The van der Waals surface area contributed by atoms with Crippen LogP contribution in [0.2, 0.25) is 0 Å². The van der Waals surface area contributed by atoms with Crippen molar-refractivity contribution in [2.24, 2.45) is 10.6 Å². The van der Waals surface area contributed by atoms with Gasteiger partial charge in [0.1, 0.15) is 11.3 Å². The van der Waals surface area contributed by atoms with Gasteiger partial charge in [-0.05, 0) is 24.7 Å². The van der Waals surface area contributed by atoms with Crippen LogP contribution in [0.3, 0.4) is 0 Å². The summed E-state index contributed by atoms with van der Waals surface area (Å²) in [6.45, 7) is 1.16. The number of alkyl halides is 5. The molecule has 0 aliphatic heterocycles. The Balaban J connectivity index is 1.77. The number of anilines is 1. The fourth-order valence-electron chi connectivity index (χ4n) is 4.47. The molecule has 35 heavy (non-hydrogen) atoms. The number of nitrogens with zero attached hydrogens (tertiary/aromatic N) is 3. The number of amides is 1. The van der Waals surface area contributed by atoms with Crippen LogP contribution in [0, 0.1) is 10.6 Å². The predicted octanol–water partition coefficient (Wildman–Crippen LogP) is 3.14. The van der Waals surface area contributed by atoms with E-state index in [2.05, 4.69) is 10.4 Å². The molecule has 2 aliphatic carbocycles. The number of rotatable bonds is 6. The van der Waals surface area contributed by atoms with Crippen molar-refractivity contribution < 1.29 is 39.9 Å². The Bertz CT molecular complexity index is 1290. The second kappa shape index (κ2) is 8.11. The third kappa shape index (κ3) is 5.24. The monoisotopic (exact) mass is 523 g/mol. The number of carbonyl (C=O) groups excluding carboxylic acids is 1. The summed E-state index contributed by atoms with van der Waals surface area (Å²) in [5.41, 5.74) is -3.86. The molecule has 0 bridgehead atoms. The van der Waals surface area contributed by atoms with E-state index < -0.39 is 68.5 Å². The lowest BCUT2D eigenvalue weighted by Gasteiger charge is -2.25. The van der Waals surface area contributed by atoms with Crippen LogP contribution in [-0.4, -0.2) is 30.0 Å². The number of carbonyl (C=O) groups is 1. The third-order valence-electron chi connectivity index (χ3n) is 6.19. The van der Waals surface area contributed by atoms with Crippen molar-refractivity contribution in [3.8, 4) is 0 Å². The number of hydrogen-bond donors (Lipinski definition) is 2. The first-order valence-corrected chi connectivity index (χ1v) is 12.2. The summed E-state index contributed by atoms with van der Waals surface area (Å²) in [6.07, 6.45) is -4.34. The highest BCUT2D eigenvalue weighted by Gasteiger charge is 2.50. The van der Waals surface area contributed by atoms with Crippen LogP contribution in [0.15, 0.2) is 23.4 Å². The van der Waals surface area contributed by atoms with E-state index in [1.807, 2.05) is 0 Å². The highest BCUT2D eigenvalue weighted by atomic mass is 32.2. The summed E-state index contributed by atoms with van der Waals surface area (Å²) in [7, 11) is -4.50. The van der Waals surface area contributed by atoms with Crippen molar-refractivity contribution in [3.63, 3.8) is 0 Å². The molecule has 3 N–H and O–H groups in total. The maximum absolute atomic E-state index is 14.1. The molecule has 9 nitrogen and oxygen atoms in total. The van der Waals surface area contributed by atoms with E-state index in [4.69, 9.17) is 5.14 Å². The number of primary sulfonamides is 1. The van der Waals surface area contributed by atoms with E-state index in [-0.39, 0.29) is 29.1 Å². The number of sulfonamides is 1. The average molecular weight is 523 g/mol. The van der Waals surface area contributed by atoms with Gasteiger partial charge >= 0.3 is 11.2 Å². The molecule has 2 aromatic heterocycles. The Hall–Kier alpha value is -2.81. The summed E-state index contributed by atoms with van der Waals surface area (Å²) in [5.74, 6) is -4.77. The van der Waals surface area contributed by atoms with Gasteiger partial charge in [0.15, 0.2) is 6.20 Å². The van der Waals surface area contributed by atoms with Gasteiger partial charge in [-0.15, -0.1) is 0 Å². The SMILES string of the molecule is CC1(Cn2nc(C3CC3)c(C(F)(F)F)c2C(=O)Nc2cc[n+]([O-])c(S(N)(=O)=O)c2)CCC(F)(F)C1. The molecule has 15 heteroatoms. The number of halogens is 5. The van der Waals surface area contributed by atoms with Crippen LogP contribution in [0.4, 0.5) is 27.6 Å². The van der Waals surface area contributed by atoms with Crippen LogP contribution in [0.25, 0.3) is 0 Å². The lowest BCUT2D eigenvalue weighted by atomic mass is 9.88. The molecule has 4 rings (SSSR count). The minimum atomic E-state index is -4.97. The van der Waals surface area contributed by atoms with E-state index in [1.165, 1.54) is 6.92 Å². The molecule has 0 saturated heterocycles. The fourth-order valence-corrected chi connectivity index (χ4v) is 5.07. The largest absolute Gasteiger partial charge is 0.618 e. The molecule has 0 spiro atoms. The number of hydrogen-bond acceptors (Lipinski definition) is 5. The third-order valence-corrected chi connectivity index (χ3v) is 7.07. The Morgan fingerprint density at radius 3 is 2.51 bits per heavy atom. The fraction of sp³-hybridized carbons (Fsp3) is 0.550. The zero-order valence-electron chi connectivity index (χ0n) is 18.4. The Labute approximate surface area is 196 Å². The highest BCUT2D eigenvalue weighted by Crippen LogP contribution is 2.50. The average Bonchev–Trinajstić information content (AvgIpc) is 3.41. The first-order chi connectivity index (χ1) is 16.0. The van der Waals surface area contributed by atoms with Crippen LogP contribution in [0.1, 0.15) is 66.7 Å². The summed E-state index contributed by atoms with van der Waals surface area (Å²) in [6, 6.07) is 1.68. The molecule has 192 valence electrons. The van der Waals surface area contributed by atoms with E-state index in [1.54, 1.807) is 0 Å². The van der Waals surface area contributed by atoms with Gasteiger partial charge in [0.25, 0.3) is 15.9 Å². The Morgan fingerprint density at radius 1 is 1.34 bits per heavy atom. The van der Waals surface area contributed by atoms with Gasteiger partial charge in [-0.25, -0.2) is 22.3 Å². The maximum atomic E-state index is 14.1. The van der Waals surface area contributed by atoms with Crippen molar-refractivity contribution in [2.45, 2.75) is 68.6 Å². The summed E-state index contributed by atoms with van der Waals surface area (Å²) >= 11 is 0. The van der Waals surface area contributed by atoms with Crippen LogP contribution < -0.4 is 15.2 Å². The molecule has 2 aromatic rings. The second-order valence-electron chi connectivity index (χ2n) is 9.46. The zero-order valence-corrected chi connectivity index (χ0v) is 19.2. The predicted molar refractivity (Wildman–Crippen MR) is 111 cm³/mol. The van der Waals surface area contributed by atoms with Gasteiger partial charge in [-0.3, -0.25) is 9.48 Å². The van der Waals surface area contributed by atoms with Crippen LogP contribution in [0.5, 0.6) is 0 Å². The molecule has 2 aliphatic rings. The van der Waals surface area contributed by atoms with Crippen molar-refractivity contribution >= 4 is 21.6 Å². The number of aromatic nitrogens is 3. The molecule has 1 amide bonds. The van der Waals surface area contributed by atoms with E-state index in [0.717, 1.165) is 10.7 Å². The van der Waals surface area contributed by atoms with Crippen LogP contribution in [-0.2, 0) is 22.7 Å². The molecule has 1 unspecified atom stereocenters. The number of pyridine rings is 1. The molecule has 0 aromatic carbocycles. The summed E-state index contributed by atoms with van der Waals surface area (Å²) in [4.78, 5) is 13.1. The molecule has 0 radical (unpaired) electrons. The second-order valence-corrected chi connectivity index (χ2v) is 11.0. The molecule has 1 atom stereocenters. The molecular formula is C20H22F5N5O4S. The maximum Gasteiger partial charge on any atom is 0.420 e. The molecular weight excluding hydrogens is 501 g/mol. The van der Waals surface area contributed by atoms with Gasteiger partial charge in [-0.1, -0.05) is 6.92 Å². The number of nitrogens with two attached hydrogens (primary N) is 1. The highest BCUT2D eigenvalue weighted by molar-refractivity contribution is 7.89. The number of nitrogens with one attached hydrogen (secondary N) is 1. The first kappa shape index (κ1) is 25.3. The topological polar surface area (TPSA) is 134 Å². The van der Waals surface area contributed by atoms with E-state index in [0.29, 0.717) is 25.1 Å². The quantitative estimate of drug-likeness (QED) is 0.341. The van der Waals surface area contributed by atoms with Crippen molar-refractivity contribution in [3.05, 3.63) is 40.5 Å². The van der Waals surface area contributed by atoms with Crippen molar-refractivity contribution in [1.29, 1.82) is 0 Å². The summed E-state index contributed by atoms with van der Waals surface area (Å²) < 4.78 is 94.1. The minimum Gasteiger partial charge on any atom is -0.618 e. The normalized spacial score (nSPS) is 22.4. The molecule has 2 fully saturated rings. The standard InChI is InChI=1S/C20H22F5N5O4S/c1-18(5-6-19(21,22)9-18)10-29-16(14(20(23,24)25)15(28-29)11-2-3-11)17(31)27-12-4-7-30(32)13(8-12)35(26,33)34/h4,7-8,11H,2-3,5-6,9-10H2,1H3,(H,27,31)(H2,26,33,34). The van der Waals surface area contributed by atoms with Gasteiger partial charge < -0.3 is 10.5 Å².